The first-order chi connectivity index (χ1) is 19.0. The number of esters is 2. The van der Waals surface area contributed by atoms with Crippen LogP contribution in [0.1, 0.15) is 182 Å². The minimum absolute atomic E-state index is 0.00271. The van der Waals surface area contributed by atoms with Crippen molar-refractivity contribution in [3.63, 3.8) is 0 Å². The molecule has 0 aliphatic carbocycles. The lowest BCUT2D eigenvalue weighted by molar-refractivity contribution is -0.145. The molecule has 232 valence electrons. The van der Waals surface area contributed by atoms with E-state index in [0.717, 1.165) is 44.4 Å². The molecule has 0 rings (SSSR count). The molecule has 0 spiro atoms. The number of unbranched alkanes of at least 4 members (excludes halogenated alkanes) is 8. The molecule has 0 aliphatic rings. The Labute approximate surface area is 244 Å². The van der Waals surface area contributed by atoms with Crippen LogP contribution in [0.4, 0.5) is 0 Å². The lowest BCUT2D eigenvalue weighted by atomic mass is 9.92. The summed E-state index contributed by atoms with van der Waals surface area (Å²) in [6.45, 7) is 12.4. The Morgan fingerprint density at radius 1 is 0.436 bits per heavy atom. The summed E-state index contributed by atoms with van der Waals surface area (Å²) in [6.07, 6.45) is 26.3. The van der Waals surface area contributed by atoms with Crippen molar-refractivity contribution in [3.05, 3.63) is 0 Å². The third-order valence-electron chi connectivity index (χ3n) is 8.72. The SMILES string of the molecule is CCCCC(CC)CCC(=O)OCCCCCCC(CC)CCCCCCOC(=O)CCC(CC)CCCC. The first-order valence-corrected chi connectivity index (χ1v) is 17.3. The van der Waals surface area contributed by atoms with Crippen LogP contribution in [-0.2, 0) is 19.1 Å². The molecule has 39 heavy (non-hydrogen) atoms. The average Bonchev–Trinajstić information content (AvgIpc) is 2.95. The Balaban J connectivity index is 3.64. The highest BCUT2D eigenvalue weighted by molar-refractivity contribution is 5.69. The molecule has 0 amide bonds. The highest BCUT2D eigenvalue weighted by Crippen LogP contribution is 2.22. The fourth-order valence-electron chi connectivity index (χ4n) is 5.58. The minimum Gasteiger partial charge on any atom is -0.466 e. The normalized spacial score (nSPS) is 13.7. The molecule has 2 atom stereocenters. The van der Waals surface area contributed by atoms with Crippen LogP contribution in [0.2, 0.25) is 0 Å². The van der Waals surface area contributed by atoms with Crippen molar-refractivity contribution in [1.29, 1.82) is 0 Å². The molecule has 0 radical (unpaired) electrons. The number of carbonyl (C=O) groups excluding carboxylic acids is 2. The van der Waals surface area contributed by atoms with Gasteiger partial charge in [0.05, 0.1) is 13.2 Å². The van der Waals surface area contributed by atoms with E-state index in [1.165, 1.54) is 96.3 Å². The summed E-state index contributed by atoms with van der Waals surface area (Å²) in [6, 6.07) is 0. The monoisotopic (exact) mass is 553 g/mol. The number of rotatable bonds is 29. The molecule has 4 nitrogen and oxygen atoms in total. The summed E-state index contributed by atoms with van der Waals surface area (Å²) >= 11 is 0. The van der Waals surface area contributed by atoms with Crippen LogP contribution in [-0.4, -0.2) is 25.2 Å². The van der Waals surface area contributed by atoms with Gasteiger partial charge >= 0.3 is 11.9 Å². The molecular formula is C35H68O4. The molecule has 0 heterocycles. The lowest BCUT2D eigenvalue weighted by Gasteiger charge is -2.15. The van der Waals surface area contributed by atoms with Crippen molar-refractivity contribution in [2.24, 2.45) is 17.8 Å². The summed E-state index contributed by atoms with van der Waals surface area (Å²) in [5, 5.41) is 0. The molecule has 0 saturated heterocycles. The summed E-state index contributed by atoms with van der Waals surface area (Å²) in [4.78, 5) is 24.0. The standard InChI is InChI=1S/C35H68O4/c1-6-11-21-32(9-4)25-27-34(36)38-29-19-15-13-17-23-31(8-3)24-18-14-16-20-30-39-35(37)28-26-33(10-5)22-12-7-2/h31-33H,6-30H2,1-5H3. The molecule has 0 aromatic rings. The molecule has 0 saturated carbocycles. The molecule has 4 heteroatoms. The second-order valence-corrected chi connectivity index (χ2v) is 12.0. The quantitative estimate of drug-likeness (QED) is 0.0684. The van der Waals surface area contributed by atoms with E-state index in [1.807, 2.05) is 0 Å². The summed E-state index contributed by atoms with van der Waals surface area (Å²) in [7, 11) is 0. The van der Waals surface area contributed by atoms with Crippen molar-refractivity contribution in [2.45, 2.75) is 182 Å². The third-order valence-corrected chi connectivity index (χ3v) is 8.72. The Morgan fingerprint density at radius 3 is 1.13 bits per heavy atom. The second-order valence-electron chi connectivity index (χ2n) is 12.0. The Bertz CT molecular complexity index is 501. The highest BCUT2D eigenvalue weighted by Gasteiger charge is 2.12. The van der Waals surface area contributed by atoms with Crippen LogP contribution in [0.5, 0.6) is 0 Å². The number of carbonyl (C=O) groups is 2. The Kier molecular flexibility index (Phi) is 27.7. The van der Waals surface area contributed by atoms with Gasteiger partial charge in [0.1, 0.15) is 0 Å². The van der Waals surface area contributed by atoms with Crippen LogP contribution in [0.15, 0.2) is 0 Å². The van der Waals surface area contributed by atoms with E-state index in [-0.39, 0.29) is 11.9 Å². The topological polar surface area (TPSA) is 52.6 Å². The zero-order chi connectivity index (χ0) is 29.0. The van der Waals surface area contributed by atoms with E-state index < -0.39 is 0 Å². The van der Waals surface area contributed by atoms with Gasteiger partial charge in [0.15, 0.2) is 0 Å². The molecular weight excluding hydrogens is 484 g/mol. The second kappa shape index (κ2) is 28.5. The van der Waals surface area contributed by atoms with E-state index in [9.17, 15) is 9.59 Å². The maximum absolute atomic E-state index is 12.0. The Morgan fingerprint density at radius 2 is 0.769 bits per heavy atom. The maximum atomic E-state index is 12.0. The van der Waals surface area contributed by atoms with Gasteiger partial charge in [-0.1, -0.05) is 144 Å². The molecule has 2 unspecified atom stereocenters. The van der Waals surface area contributed by atoms with Crippen LogP contribution in [0.3, 0.4) is 0 Å². The van der Waals surface area contributed by atoms with Crippen LogP contribution >= 0.6 is 0 Å². The first-order valence-electron chi connectivity index (χ1n) is 17.3. The smallest absolute Gasteiger partial charge is 0.305 e. The van der Waals surface area contributed by atoms with Crippen LogP contribution in [0.25, 0.3) is 0 Å². The molecule has 0 aliphatic heterocycles. The fourth-order valence-corrected chi connectivity index (χ4v) is 5.58. The van der Waals surface area contributed by atoms with Gasteiger partial charge in [0, 0.05) is 12.8 Å². The van der Waals surface area contributed by atoms with Gasteiger partial charge in [0.25, 0.3) is 0 Å². The maximum Gasteiger partial charge on any atom is 0.305 e. The van der Waals surface area contributed by atoms with Crippen molar-refractivity contribution in [3.8, 4) is 0 Å². The zero-order valence-electron chi connectivity index (χ0n) is 27.0. The number of hydrogen-bond acceptors (Lipinski definition) is 4. The summed E-state index contributed by atoms with van der Waals surface area (Å²) in [5.41, 5.74) is 0. The summed E-state index contributed by atoms with van der Waals surface area (Å²) in [5.74, 6) is 2.18. The molecule has 0 aromatic heterocycles. The van der Waals surface area contributed by atoms with E-state index >= 15 is 0 Å². The number of hydrogen-bond donors (Lipinski definition) is 0. The Hall–Kier alpha value is -1.06. The van der Waals surface area contributed by atoms with Crippen molar-refractivity contribution in [2.75, 3.05) is 13.2 Å². The van der Waals surface area contributed by atoms with Gasteiger partial charge in [-0.3, -0.25) is 9.59 Å². The lowest BCUT2D eigenvalue weighted by Crippen LogP contribution is -2.09. The van der Waals surface area contributed by atoms with Crippen molar-refractivity contribution < 1.29 is 19.1 Å². The van der Waals surface area contributed by atoms with Crippen LogP contribution < -0.4 is 0 Å². The van der Waals surface area contributed by atoms with Crippen molar-refractivity contribution in [1.82, 2.24) is 0 Å². The predicted octanol–water partition coefficient (Wildman–Crippen LogP) is 11.0. The van der Waals surface area contributed by atoms with Gasteiger partial charge < -0.3 is 9.47 Å². The van der Waals surface area contributed by atoms with Crippen molar-refractivity contribution >= 4 is 11.9 Å². The van der Waals surface area contributed by atoms with E-state index in [1.54, 1.807) is 0 Å². The molecule has 0 N–H and O–H groups in total. The van der Waals surface area contributed by atoms with E-state index in [0.29, 0.717) is 37.9 Å². The minimum atomic E-state index is -0.00271. The van der Waals surface area contributed by atoms with Gasteiger partial charge in [-0.25, -0.2) is 0 Å². The molecule has 0 bridgehead atoms. The summed E-state index contributed by atoms with van der Waals surface area (Å²) < 4.78 is 10.9. The molecule has 0 aromatic carbocycles. The van der Waals surface area contributed by atoms with Gasteiger partial charge in [0.2, 0.25) is 0 Å². The largest absolute Gasteiger partial charge is 0.466 e. The van der Waals surface area contributed by atoms with E-state index in [4.69, 9.17) is 9.47 Å². The third kappa shape index (κ3) is 24.5. The first kappa shape index (κ1) is 37.9. The van der Waals surface area contributed by atoms with Gasteiger partial charge in [-0.05, 0) is 43.4 Å². The predicted molar refractivity (Wildman–Crippen MR) is 167 cm³/mol. The average molecular weight is 553 g/mol. The zero-order valence-corrected chi connectivity index (χ0v) is 27.0. The molecule has 0 fully saturated rings. The van der Waals surface area contributed by atoms with Gasteiger partial charge in [-0.15, -0.1) is 0 Å². The van der Waals surface area contributed by atoms with E-state index in [2.05, 4.69) is 34.6 Å². The van der Waals surface area contributed by atoms with Gasteiger partial charge in [-0.2, -0.15) is 0 Å². The fraction of sp³-hybridized carbons (Fsp3) is 0.943. The number of ether oxygens (including phenoxy) is 2. The van der Waals surface area contributed by atoms with Crippen LogP contribution in [0, 0.1) is 17.8 Å². The highest BCUT2D eigenvalue weighted by atomic mass is 16.5.